The molecule has 1 aromatic heterocycles. The second-order valence-corrected chi connectivity index (χ2v) is 4.29. The zero-order chi connectivity index (χ0) is 13.0. The van der Waals surface area contributed by atoms with Crippen LogP contribution in [-0.2, 0) is 7.05 Å². The monoisotopic (exact) mass is 245 g/mol. The Bertz CT molecular complexity index is 490. The topological polar surface area (TPSA) is 53.1 Å². The van der Waals surface area contributed by atoms with E-state index in [0.29, 0.717) is 0 Å². The van der Waals surface area contributed by atoms with Crippen LogP contribution in [0.4, 0.5) is 0 Å². The molecule has 1 aromatic carbocycles. The number of rotatable bonds is 5. The molecule has 1 atom stereocenters. The standard InChI is InChI=1S/C14H19N3O/c1-3-10-18-12-6-4-11(5-7-12)13(15)14-16-8-9-17(14)2/h4-9,13H,3,10,15H2,1-2H3. The molecule has 0 saturated carbocycles. The molecule has 18 heavy (non-hydrogen) atoms. The Morgan fingerprint density at radius 1 is 1.33 bits per heavy atom. The van der Waals surface area contributed by atoms with Gasteiger partial charge in [0.25, 0.3) is 0 Å². The molecule has 0 aliphatic carbocycles. The molecule has 0 amide bonds. The molecule has 1 unspecified atom stereocenters. The van der Waals surface area contributed by atoms with Gasteiger partial charge in [0.15, 0.2) is 0 Å². The number of benzene rings is 1. The van der Waals surface area contributed by atoms with Crippen LogP contribution < -0.4 is 10.5 Å². The first-order chi connectivity index (χ1) is 8.72. The van der Waals surface area contributed by atoms with Crippen molar-refractivity contribution in [2.45, 2.75) is 19.4 Å². The van der Waals surface area contributed by atoms with Gasteiger partial charge in [0.05, 0.1) is 12.6 Å². The SMILES string of the molecule is CCCOc1ccc(C(N)c2nccn2C)cc1. The molecule has 0 aliphatic rings. The molecule has 4 nitrogen and oxygen atoms in total. The van der Waals surface area contributed by atoms with Gasteiger partial charge in [-0.2, -0.15) is 0 Å². The molecule has 0 saturated heterocycles. The molecule has 0 aliphatic heterocycles. The fourth-order valence-corrected chi connectivity index (χ4v) is 1.82. The highest BCUT2D eigenvalue weighted by Crippen LogP contribution is 2.20. The molecule has 0 bridgehead atoms. The van der Waals surface area contributed by atoms with Crippen molar-refractivity contribution in [3.63, 3.8) is 0 Å². The van der Waals surface area contributed by atoms with Crippen molar-refractivity contribution in [1.29, 1.82) is 0 Å². The van der Waals surface area contributed by atoms with E-state index in [1.807, 2.05) is 42.1 Å². The van der Waals surface area contributed by atoms with Gasteiger partial charge >= 0.3 is 0 Å². The zero-order valence-electron chi connectivity index (χ0n) is 10.8. The van der Waals surface area contributed by atoms with Crippen LogP contribution in [0.2, 0.25) is 0 Å². The van der Waals surface area contributed by atoms with Crippen LogP contribution in [0, 0.1) is 0 Å². The Morgan fingerprint density at radius 3 is 2.61 bits per heavy atom. The Hall–Kier alpha value is -1.81. The van der Waals surface area contributed by atoms with Crippen LogP contribution in [0.5, 0.6) is 5.75 Å². The lowest BCUT2D eigenvalue weighted by atomic mass is 10.1. The minimum absolute atomic E-state index is 0.203. The van der Waals surface area contributed by atoms with E-state index in [1.54, 1.807) is 6.20 Å². The maximum atomic E-state index is 6.19. The second-order valence-electron chi connectivity index (χ2n) is 4.29. The molecule has 0 radical (unpaired) electrons. The van der Waals surface area contributed by atoms with Crippen molar-refractivity contribution in [1.82, 2.24) is 9.55 Å². The van der Waals surface area contributed by atoms with Crippen LogP contribution in [0.15, 0.2) is 36.7 Å². The Labute approximate surface area is 107 Å². The van der Waals surface area contributed by atoms with Gasteiger partial charge in [-0.3, -0.25) is 0 Å². The van der Waals surface area contributed by atoms with Gasteiger partial charge in [0.2, 0.25) is 0 Å². The predicted molar refractivity (Wildman–Crippen MR) is 71.5 cm³/mol. The van der Waals surface area contributed by atoms with E-state index in [4.69, 9.17) is 10.5 Å². The van der Waals surface area contributed by atoms with Crippen LogP contribution in [-0.4, -0.2) is 16.2 Å². The van der Waals surface area contributed by atoms with Crippen molar-refractivity contribution in [3.8, 4) is 5.75 Å². The number of aromatic nitrogens is 2. The molecule has 0 spiro atoms. The lowest BCUT2D eigenvalue weighted by molar-refractivity contribution is 0.317. The molecule has 2 N–H and O–H groups in total. The lowest BCUT2D eigenvalue weighted by Crippen LogP contribution is -2.16. The Kier molecular flexibility index (Phi) is 3.99. The minimum atomic E-state index is -0.203. The maximum absolute atomic E-state index is 6.19. The van der Waals surface area contributed by atoms with E-state index in [0.717, 1.165) is 30.2 Å². The number of ether oxygens (including phenoxy) is 1. The highest BCUT2D eigenvalue weighted by atomic mass is 16.5. The quantitative estimate of drug-likeness (QED) is 0.879. The number of hydrogen-bond acceptors (Lipinski definition) is 3. The van der Waals surface area contributed by atoms with Crippen LogP contribution >= 0.6 is 0 Å². The first-order valence-corrected chi connectivity index (χ1v) is 6.18. The summed E-state index contributed by atoms with van der Waals surface area (Å²) in [5.41, 5.74) is 7.22. The number of nitrogens with zero attached hydrogens (tertiary/aromatic N) is 2. The van der Waals surface area contributed by atoms with Crippen LogP contribution in [0.3, 0.4) is 0 Å². The molecular weight excluding hydrogens is 226 g/mol. The number of aryl methyl sites for hydroxylation is 1. The van der Waals surface area contributed by atoms with Crippen molar-refractivity contribution in [3.05, 3.63) is 48.0 Å². The van der Waals surface area contributed by atoms with Gasteiger partial charge in [0, 0.05) is 19.4 Å². The van der Waals surface area contributed by atoms with E-state index in [2.05, 4.69) is 11.9 Å². The summed E-state index contributed by atoms with van der Waals surface area (Å²) < 4.78 is 7.48. The van der Waals surface area contributed by atoms with Gasteiger partial charge in [-0.15, -0.1) is 0 Å². The lowest BCUT2D eigenvalue weighted by Gasteiger charge is -2.12. The van der Waals surface area contributed by atoms with E-state index in [-0.39, 0.29) is 6.04 Å². The van der Waals surface area contributed by atoms with Crippen LogP contribution in [0.25, 0.3) is 0 Å². The fourth-order valence-electron chi connectivity index (χ4n) is 1.82. The summed E-state index contributed by atoms with van der Waals surface area (Å²) in [5, 5.41) is 0. The molecule has 2 aromatic rings. The molecular formula is C14H19N3O. The first-order valence-electron chi connectivity index (χ1n) is 6.18. The van der Waals surface area contributed by atoms with Gasteiger partial charge in [0.1, 0.15) is 11.6 Å². The first kappa shape index (κ1) is 12.6. The van der Waals surface area contributed by atoms with Gasteiger partial charge < -0.3 is 15.0 Å². The average Bonchev–Trinajstić information content (AvgIpc) is 2.82. The maximum Gasteiger partial charge on any atom is 0.129 e. The van der Waals surface area contributed by atoms with Gasteiger partial charge in [-0.25, -0.2) is 4.98 Å². The molecule has 96 valence electrons. The van der Waals surface area contributed by atoms with Crippen molar-refractivity contribution >= 4 is 0 Å². The summed E-state index contributed by atoms with van der Waals surface area (Å²) in [6, 6.07) is 7.68. The molecule has 0 fully saturated rings. The second kappa shape index (κ2) is 5.69. The minimum Gasteiger partial charge on any atom is -0.494 e. The number of nitrogens with two attached hydrogens (primary N) is 1. The van der Waals surface area contributed by atoms with E-state index in [9.17, 15) is 0 Å². The number of imidazole rings is 1. The summed E-state index contributed by atoms with van der Waals surface area (Å²) in [5.74, 6) is 1.74. The fraction of sp³-hybridized carbons (Fsp3) is 0.357. The van der Waals surface area contributed by atoms with Gasteiger partial charge in [-0.1, -0.05) is 19.1 Å². The summed E-state index contributed by atoms with van der Waals surface area (Å²) in [6.07, 6.45) is 4.66. The molecule has 2 rings (SSSR count). The van der Waals surface area contributed by atoms with Crippen molar-refractivity contribution in [2.24, 2.45) is 12.8 Å². The Morgan fingerprint density at radius 2 is 2.06 bits per heavy atom. The van der Waals surface area contributed by atoms with E-state index in [1.165, 1.54) is 0 Å². The smallest absolute Gasteiger partial charge is 0.129 e. The van der Waals surface area contributed by atoms with E-state index < -0.39 is 0 Å². The summed E-state index contributed by atoms with van der Waals surface area (Å²) in [4.78, 5) is 4.27. The normalized spacial score (nSPS) is 12.4. The Balaban J connectivity index is 2.12. The van der Waals surface area contributed by atoms with Crippen LogP contribution in [0.1, 0.15) is 30.8 Å². The van der Waals surface area contributed by atoms with E-state index >= 15 is 0 Å². The average molecular weight is 245 g/mol. The zero-order valence-corrected chi connectivity index (χ0v) is 10.8. The predicted octanol–water partition coefficient (Wildman–Crippen LogP) is 2.26. The van der Waals surface area contributed by atoms with Gasteiger partial charge in [-0.05, 0) is 24.1 Å². The summed E-state index contributed by atoms with van der Waals surface area (Å²) in [6.45, 7) is 2.83. The highest BCUT2D eigenvalue weighted by molar-refractivity contribution is 5.31. The third-order valence-electron chi connectivity index (χ3n) is 2.85. The highest BCUT2D eigenvalue weighted by Gasteiger charge is 2.12. The third-order valence-corrected chi connectivity index (χ3v) is 2.85. The summed E-state index contributed by atoms with van der Waals surface area (Å²) >= 11 is 0. The van der Waals surface area contributed by atoms with Crippen molar-refractivity contribution in [2.75, 3.05) is 6.61 Å². The summed E-state index contributed by atoms with van der Waals surface area (Å²) in [7, 11) is 1.95. The van der Waals surface area contributed by atoms with Crippen molar-refractivity contribution < 1.29 is 4.74 Å². The molecule has 4 heteroatoms. The largest absolute Gasteiger partial charge is 0.494 e. The number of hydrogen-bond donors (Lipinski definition) is 1. The third kappa shape index (κ3) is 2.71. The molecule has 1 heterocycles.